The Morgan fingerprint density at radius 2 is 2.19 bits per heavy atom. The lowest BCUT2D eigenvalue weighted by Crippen LogP contribution is -2.56. The molecular weight excluding hydrogens is 220 g/mol. The van der Waals surface area contributed by atoms with Gasteiger partial charge in [-0.05, 0) is 6.07 Å². The summed E-state index contributed by atoms with van der Waals surface area (Å²) in [5.41, 5.74) is 0.799. The third kappa shape index (κ3) is 1.60. The fourth-order valence-corrected chi connectivity index (χ4v) is 2.75. The van der Waals surface area contributed by atoms with Crippen LogP contribution >= 0.6 is 11.3 Å². The first-order chi connectivity index (χ1) is 7.84. The summed E-state index contributed by atoms with van der Waals surface area (Å²) in [5.74, 6) is 0.0453. The average Bonchev–Trinajstić information content (AvgIpc) is 2.67. The van der Waals surface area contributed by atoms with Crippen LogP contribution in [0.3, 0.4) is 0 Å². The molecule has 0 atom stereocenters. The molecule has 2 N–H and O–H groups in total. The maximum absolute atomic E-state index is 12.0. The number of nitrogens with one attached hydrogen (secondary N) is 2. The van der Waals surface area contributed by atoms with Crippen molar-refractivity contribution in [2.45, 2.75) is 6.04 Å². The topological polar surface area (TPSA) is 41.1 Å². The van der Waals surface area contributed by atoms with E-state index in [1.54, 1.807) is 11.3 Å². The van der Waals surface area contributed by atoms with Crippen LogP contribution in [0.15, 0.2) is 29.6 Å². The summed E-state index contributed by atoms with van der Waals surface area (Å²) >= 11 is 1.62. The zero-order chi connectivity index (χ0) is 11.0. The summed E-state index contributed by atoms with van der Waals surface area (Å²) in [6, 6.07) is 8.31. The van der Waals surface area contributed by atoms with Crippen LogP contribution in [0.2, 0.25) is 0 Å². The normalized spacial score (nSPS) is 16.0. The highest BCUT2D eigenvalue weighted by Crippen LogP contribution is 2.25. The molecule has 1 amide bonds. The van der Waals surface area contributed by atoms with Crippen molar-refractivity contribution < 1.29 is 4.79 Å². The van der Waals surface area contributed by atoms with Gasteiger partial charge in [-0.25, -0.2) is 0 Å². The molecule has 2 aromatic rings. The van der Waals surface area contributed by atoms with Gasteiger partial charge in [0.05, 0.1) is 11.6 Å². The van der Waals surface area contributed by atoms with Gasteiger partial charge in [0.15, 0.2) is 0 Å². The summed E-state index contributed by atoms with van der Waals surface area (Å²) in [6.07, 6.45) is 0. The third-order valence-corrected chi connectivity index (χ3v) is 3.81. The molecule has 1 aromatic heterocycles. The molecule has 4 heteroatoms. The first-order valence-corrected chi connectivity index (χ1v) is 6.20. The number of carbonyl (C=O) groups excluding carboxylic acids is 1. The number of hydrogen-bond acceptors (Lipinski definition) is 3. The smallest absolute Gasteiger partial charge is 0.253 e. The predicted molar refractivity (Wildman–Crippen MR) is 65.9 cm³/mol. The standard InChI is InChI=1S/C12H12N2OS/c15-12(14-8-5-13-6-8)10-7-16-11-4-2-1-3-9(10)11/h1-4,7-8,13H,5-6H2,(H,14,15). The van der Waals surface area contributed by atoms with Gasteiger partial charge in [-0.1, -0.05) is 18.2 Å². The van der Waals surface area contributed by atoms with Crippen molar-refractivity contribution in [3.63, 3.8) is 0 Å². The molecule has 1 aliphatic heterocycles. The van der Waals surface area contributed by atoms with E-state index in [0.29, 0.717) is 6.04 Å². The van der Waals surface area contributed by atoms with Crippen molar-refractivity contribution in [1.82, 2.24) is 10.6 Å². The number of carbonyl (C=O) groups is 1. The van der Waals surface area contributed by atoms with Gasteiger partial charge in [0.1, 0.15) is 0 Å². The Kier molecular flexibility index (Phi) is 2.38. The molecule has 82 valence electrons. The highest BCUT2D eigenvalue weighted by Gasteiger charge is 2.20. The minimum Gasteiger partial charge on any atom is -0.347 e. The SMILES string of the molecule is O=C(NC1CNC1)c1csc2ccccc12. The first kappa shape index (κ1) is 9.81. The lowest BCUT2D eigenvalue weighted by atomic mass is 10.1. The first-order valence-electron chi connectivity index (χ1n) is 5.32. The number of rotatable bonds is 2. The fraction of sp³-hybridized carbons (Fsp3) is 0.250. The van der Waals surface area contributed by atoms with Gasteiger partial charge in [-0.3, -0.25) is 4.79 Å². The average molecular weight is 232 g/mol. The van der Waals surface area contributed by atoms with E-state index in [2.05, 4.69) is 10.6 Å². The van der Waals surface area contributed by atoms with Crippen molar-refractivity contribution in [1.29, 1.82) is 0 Å². The second-order valence-electron chi connectivity index (χ2n) is 3.97. The molecule has 1 fully saturated rings. The maximum atomic E-state index is 12.0. The Labute approximate surface area is 97.5 Å². The van der Waals surface area contributed by atoms with E-state index in [9.17, 15) is 4.79 Å². The molecular formula is C12H12N2OS. The van der Waals surface area contributed by atoms with Crippen molar-refractivity contribution in [3.8, 4) is 0 Å². The molecule has 0 spiro atoms. The second kappa shape index (κ2) is 3.88. The van der Waals surface area contributed by atoms with Gasteiger partial charge >= 0.3 is 0 Å². The van der Waals surface area contributed by atoms with E-state index in [-0.39, 0.29) is 5.91 Å². The number of thiophene rings is 1. The van der Waals surface area contributed by atoms with Crippen LogP contribution < -0.4 is 10.6 Å². The van der Waals surface area contributed by atoms with Gasteiger partial charge < -0.3 is 10.6 Å². The van der Waals surface area contributed by atoms with Gasteiger partial charge in [0.2, 0.25) is 0 Å². The predicted octanol–water partition coefficient (Wildman–Crippen LogP) is 1.60. The van der Waals surface area contributed by atoms with Crippen molar-refractivity contribution >= 4 is 27.3 Å². The zero-order valence-electron chi connectivity index (χ0n) is 8.69. The van der Waals surface area contributed by atoms with E-state index in [1.165, 1.54) is 4.70 Å². The van der Waals surface area contributed by atoms with E-state index in [4.69, 9.17) is 0 Å². The van der Waals surface area contributed by atoms with Gasteiger partial charge in [-0.2, -0.15) is 0 Å². The minimum atomic E-state index is 0.0453. The van der Waals surface area contributed by atoms with Crippen LogP contribution in [0.4, 0.5) is 0 Å². The number of benzene rings is 1. The molecule has 0 radical (unpaired) electrons. The quantitative estimate of drug-likeness (QED) is 0.826. The summed E-state index contributed by atoms with van der Waals surface area (Å²) in [7, 11) is 0. The lowest BCUT2D eigenvalue weighted by Gasteiger charge is -2.27. The molecule has 16 heavy (non-hydrogen) atoms. The molecule has 3 nitrogen and oxygen atoms in total. The Morgan fingerprint density at radius 1 is 1.38 bits per heavy atom. The highest BCUT2D eigenvalue weighted by atomic mass is 32.1. The number of amides is 1. The maximum Gasteiger partial charge on any atom is 0.253 e. The number of fused-ring (bicyclic) bond motifs is 1. The van der Waals surface area contributed by atoms with Crippen LogP contribution in [0.25, 0.3) is 10.1 Å². The second-order valence-corrected chi connectivity index (χ2v) is 4.89. The molecule has 0 bridgehead atoms. The Bertz CT molecular complexity index is 531. The molecule has 1 aliphatic rings. The Balaban J connectivity index is 1.89. The van der Waals surface area contributed by atoms with Gasteiger partial charge in [0.25, 0.3) is 5.91 Å². The largest absolute Gasteiger partial charge is 0.347 e. The van der Waals surface area contributed by atoms with E-state index >= 15 is 0 Å². The highest BCUT2D eigenvalue weighted by molar-refractivity contribution is 7.17. The van der Waals surface area contributed by atoms with Crippen LogP contribution in [0.5, 0.6) is 0 Å². The van der Waals surface area contributed by atoms with Crippen LogP contribution in [-0.4, -0.2) is 25.0 Å². The van der Waals surface area contributed by atoms with E-state index in [0.717, 1.165) is 24.0 Å². The minimum absolute atomic E-state index is 0.0453. The van der Waals surface area contributed by atoms with Crippen molar-refractivity contribution in [2.24, 2.45) is 0 Å². The van der Waals surface area contributed by atoms with Crippen LogP contribution in [0, 0.1) is 0 Å². The Morgan fingerprint density at radius 3 is 2.94 bits per heavy atom. The summed E-state index contributed by atoms with van der Waals surface area (Å²) in [5, 5.41) is 9.14. The molecule has 0 saturated carbocycles. The molecule has 2 heterocycles. The van der Waals surface area contributed by atoms with Gasteiger partial charge in [0, 0.05) is 28.6 Å². The monoisotopic (exact) mass is 232 g/mol. The zero-order valence-corrected chi connectivity index (χ0v) is 9.51. The number of hydrogen-bond donors (Lipinski definition) is 2. The summed E-state index contributed by atoms with van der Waals surface area (Å²) in [6.45, 7) is 1.77. The molecule has 0 unspecified atom stereocenters. The molecule has 1 saturated heterocycles. The van der Waals surface area contributed by atoms with Crippen molar-refractivity contribution in [2.75, 3.05) is 13.1 Å². The summed E-state index contributed by atoms with van der Waals surface area (Å²) in [4.78, 5) is 12.0. The summed E-state index contributed by atoms with van der Waals surface area (Å²) < 4.78 is 1.17. The Hall–Kier alpha value is -1.39. The third-order valence-electron chi connectivity index (χ3n) is 2.84. The molecule has 0 aliphatic carbocycles. The van der Waals surface area contributed by atoms with Gasteiger partial charge in [-0.15, -0.1) is 11.3 Å². The molecule has 1 aromatic carbocycles. The van der Waals surface area contributed by atoms with E-state index in [1.807, 2.05) is 29.6 Å². The molecule has 3 rings (SSSR count). The van der Waals surface area contributed by atoms with Crippen LogP contribution in [-0.2, 0) is 0 Å². The van der Waals surface area contributed by atoms with Crippen molar-refractivity contribution in [3.05, 3.63) is 35.2 Å². The van der Waals surface area contributed by atoms with E-state index < -0.39 is 0 Å². The lowest BCUT2D eigenvalue weighted by molar-refractivity contribution is 0.0926. The van der Waals surface area contributed by atoms with Crippen LogP contribution in [0.1, 0.15) is 10.4 Å². The fourth-order valence-electron chi connectivity index (χ4n) is 1.81.